The third kappa shape index (κ3) is 5.01. The highest BCUT2D eigenvalue weighted by atomic mass is 19.3. The van der Waals surface area contributed by atoms with Crippen LogP contribution in [0.2, 0.25) is 0 Å². The smallest absolute Gasteiger partial charge is 0.366 e. The zero-order chi connectivity index (χ0) is 4.99. The Hall–Kier alpha value is -0.990. The first-order chi connectivity index (χ1) is 2.81. The maximum absolute atomic E-state index is 10.5. The van der Waals surface area contributed by atoms with Gasteiger partial charge in [-0.1, -0.05) is 0 Å². The van der Waals surface area contributed by atoms with Crippen LogP contribution in [0, 0.1) is 0 Å². The van der Waals surface area contributed by atoms with Gasteiger partial charge in [0.2, 0.25) is 0 Å². The molecule has 0 atom stereocenters. The predicted molar refractivity (Wildman–Crippen MR) is 22.5 cm³/mol. The predicted octanol–water partition coefficient (Wildman–Crippen LogP) is 1.23. The minimum absolute atomic E-state index is 0. The van der Waals surface area contributed by atoms with Gasteiger partial charge in [0.1, 0.15) is 0 Å². The highest BCUT2D eigenvalue weighted by Crippen LogP contribution is 1.83. The van der Waals surface area contributed by atoms with E-state index in [1.165, 1.54) is 0 Å². The topological polar surface area (TPSA) is 64.5 Å². The van der Waals surface area contributed by atoms with Gasteiger partial charge in [-0.25, -0.2) is 4.94 Å². The molecule has 7 heavy (non-hydrogen) atoms. The van der Waals surface area contributed by atoms with Crippen molar-refractivity contribution >= 4 is 0 Å². The van der Waals surface area contributed by atoms with Crippen LogP contribution < -0.4 is 6.15 Å². The first-order valence-corrected chi connectivity index (χ1v) is 1.19. The molecule has 0 fully saturated rings. The van der Waals surface area contributed by atoms with Crippen LogP contribution in [0.15, 0.2) is 18.3 Å². The molecule has 0 spiro atoms. The van der Waals surface area contributed by atoms with E-state index in [1.54, 1.807) is 5.73 Å². The fourth-order valence-corrected chi connectivity index (χ4v) is 0.0273. The molecule has 4 N–H and O–H groups in total. The van der Waals surface area contributed by atoms with Gasteiger partial charge in [-0.3, -0.25) is 0 Å². The van der Waals surface area contributed by atoms with Crippen molar-refractivity contribution in [2.24, 2.45) is 0 Å². The molecule has 0 saturated heterocycles. The number of halogens is 1. The normalized spacial score (nSPS) is 5.29. The fraction of sp³-hybridized carbons (Fsp3) is 0. The summed E-state index contributed by atoms with van der Waals surface area (Å²) < 4.78 is 10.5. The van der Waals surface area contributed by atoms with Crippen molar-refractivity contribution in [3.8, 4) is 0 Å². The van der Waals surface area contributed by atoms with Crippen molar-refractivity contribution in [1.29, 1.82) is 0 Å². The summed E-state index contributed by atoms with van der Waals surface area (Å²) in [5, 5.41) is 7.81. The van der Waals surface area contributed by atoms with E-state index in [1.807, 2.05) is 0 Å². The van der Waals surface area contributed by atoms with E-state index in [4.69, 9.17) is 5.11 Å². The zero-order valence-corrected chi connectivity index (χ0v) is 3.65. The summed E-state index contributed by atoms with van der Waals surface area (Å²) in [6.45, 7) is 2.85. The summed E-state index contributed by atoms with van der Waals surface area (Å²) in [6, 6.07) is 0. The van der Waals surface area contributed by atoms with Crippen LogP contribution in [-0.2, 0) is 4.94 Å². The van der Waals surface area contributed by atoms with E-state index < -0.39 is 5.95 Å². The molecule has 0 aliphatic rings. The maximum atomic E-state index is 10.5. The minimum Gasteiger partial charge on any atom is -0.473 e. The van der Waals surface area contributed by atoms with Gasteiger partial charge >= 0.3 is 5.95 Å². The van der Waals surface area contributed by atoms with Gasteiger partial charge in [0.05, 0.1) is 0 Å². The lowest BCUT2D eigenvalue weighted by atomic mass is 10.9. The van der Waals surface area contributed by atoms with E-state index in [0.29, 0.717) is 0 Å². The van der Waals surface area contributed by atoms with Gasteiger partial charge in [0.15, 0.2) is 0 Å². The van der Waals surface area contributed by atoms with Crippen molar-refractivity contribution in [3.63, 3.8) is 0 Å². The van der Waals surface area contributed by atoms with Crippen LogP contribution in [-0.4, -0.2) is 5.11 Å². The molecule has 0 aliphatic heterocycles. The fourth-order valence-electron chi connectivity index (χ4n) is 0.0273. The molecule has 4 heteroatoms. The van der Waals surface area contributed by atoms with Gasteiger partial charge in [-0.2, -0.15) is 0 Å². The van der Waals surface area contributed by atoms with Crippen molar-refractivity contribution in [2.75, 3.05) is 0 Å². The second-order valence-electron chi connectivity index (χ2n) is 0.559. The minimum atomic E-state index is -0.935. The molecule has 0 aromatic rings. The Kier molecular flexibility index (Phi) is 6.71. The Balaban J connectivity index is 0. The van der Waals surface area contributed by atoms with Crippen LogP contribution >= 0.6 is 0 Å². The summed E-state index contributed by atoms with van der Waals surface area (Å²) >= 11 is 0. The Morgan fingerprint density at radius 2 is 2.29 bits per heavy atom. The van der Waals surface area contributed by atoms with Gasteiger partial charge in [0.25, 0.3) is 0 Å². The lowest BCUT2D eigenvalue weighted by molar-refractivity contribution is -0.130. The molecule has 0 aromatic heterocycles. The standard InChI is InChI=1S/C3H3FO2.H3N/c1-2-3(5)6-4;/h5H,1H2;1H3. The molecule has 42 valence electrons. The number of hydrogen-bond donors (Lipinski definition) is 2. The molecule has 0 heterocycles. The lowest BCUT2D eigenvalue weighted by Crippen LogP contribution is -1.71. The first kappa shape index (κ1) is 9.38. The molecular weight excluding hydrogens is 101 g/mol. The average Bonchev–Trinajstić information content (AvgIpc) is 1.65. The second kappa shape index (κ2) is 5.01. The van der Waals surface area contributed by atoms with Gasteiger partial charge in [0, 0.05) is 4.53 Å². The zero-order valence-electron chi connectivity index (χ0n) is 3.65. The molecule has 0 radical (unpaired) electrons. The Bertz CT molecular complexity index is 86.9. The van der Waals surface area contributed by atoms with E-state index >= 15 is 0 Å². The third-order valence-corrected chi connectivity index (χ3v) is 0.224. The third-order valence-electron chi connectivity index (χ3n) is 0.224. The number of aliphatic hydroxyl groups is 1. The largest absolute Gasteiger partial charge is 0.473 e. The molecular formula is C3H6FNO2. The van der Waals surface area contributed by atoms with Crippen molar-refractivity contribution < 1.29 is 14.6 Å². The molecule has 0 bridgehead atoms. The van der Waals surface area contributed by atoms with Gasteiger partial charge in [-0.15, -0.1) is 0 Å². The van der Waals surface area contributed by atoms with Crippen molar-refractivity contribution in [2.45, 2.75) is 0 Å². The van der Waals surface area contributed by atoms with Crippen molar-refractivity contribution in [3.05, 3.63) is 18.3 Å². The van der Waals surface area contributed by atoms with E-state index in [-0.39, 0.29) is 6.15 Å². The molecule has 3 nitrogen and oxygen atoms in total. The molecule has 0 amide bonds. The van der Waals surface area contributed by atoms with Crippen LogP contribution in [0.25, 0.3) is 0 Å². The van der Waals surface area contributed by atoms with Crippen LogP contribution in [0.5, 0.6) is 0 Å². The lowest BCUT2D eigenvalue weighted by Gasteiger charge is -1.77. The van der Waals surface area contributed by atoms with E-state index in [0.717, 1.165) is 0 Å². The average molecular weight is 107 g/mol. The molecule has 0 rings (SSSR count). The first-order valence-electron chi connectivity index (χ1n) is 1.19. The number of hydrogen-bond acceptors (Lipinski definition) is 3. The van der Waals surface area contributed by atoms with Crippen LogP contribution in [0.1, 0.15) is 0 Å². The van der Waals surface area contributed by atoms with Gasteiger partial charge < -0.3 is 11.3 Å². The van der Waals surface area contributed by atoms with E-state index in [9.17, 15) is 4.53 Å². The van der Waals surface area contributed by atoms with Crippen molar-refractivity contribution in [1.82, 2.24) is 6.15 Å². The summed E-state index contributed by atoms with van der Waals surface area (Å²) in [5.74, 6) is -0.935. The molecule has 0 aliphatic carbocycles. The maximum Gasteiger partial charge on any atom is 0.366 e. The Labute approximate surface area is 40.2 Å². The van der Waals surface area contributed by atoms with Crippen LogP contribution in [0.4, 0.5) is 4.53 Å². The Morgan fingerprint density at radius 1 is 1.86 bits per heavy atom. The number of aliphatic hydroxyl groups excluding tert-OH is 1. The van der Waals surface area contributed by atoms with Crippen LogP contribution in [0.3, 0.4) is 0 Å². The molecule has 0 saturated carbocycles. The Morgan fingerprint density at radius 3 is 2.29 bits per heavy atom. The summed E-state index contributed by atoms with van der Waals surface area (Å²) in [5.41, 5.74) is 1.74. The van der Waals surface area contributed by atoms with E-state index in [2.05, 4.69) is 11.5 Å². The summed E-state index contributed by atoms with van der Waals surface area (Å²) in [7, 11) is 0. The molecule has 0 aromatic carbocycles. The SMILES string of the molecule is C=C=C(O)OF.N. The highest BCUT2D eigenvalue weighted by molar-refractivity contribution is 4.71. The highest BCUT2D eigenvalue weighted by Gasteiger charge is 1.80. The summed E-state index contributed by atoms with van der Waals surface area (Å²) in [4.78, 5) is 2.70. The monoisotopic (exact) mass is 107 g/mol. The quantitative estimate of drug-likeness (QED) is 0.391. The van der Waals surface area contributed by atoms with Gasteiger partial charge in [-0.05, 0) is 12.3 Å². The second-order valence-corrected chi connectivity index (χ2v) is 0.559. The number of rotatable bonds is 1. The molecule has 0 unspecified atom stereocenters. The summed E-state index contributed by atoms with van der Waals surface area (Å²) in [6.07, 6.45) is 0.